The quantitative estimate of drug-likeness (QED) is 0.380. The van der Waals surface area contributed by atoms with Gasteiger partial charge in [-0.25, -0.2) is 4.98 Å². The minimum Gasteiger partial charge on any atom is -0.384 e. The third-order valence-corrected chi connectivity index (χ3v) is 5.92. The molecule has 0 saturated heterocycles. The van der Waals surface area contributed by atoms with Crippen molar-refractivity contribution in [2.45, 2.75) is 19.1 Å². The van der Waals surface area contributed by atoms with Crippen LogP contribution in [0.3, 0.4) is 0 Å². The molecule has 5 aromatic rings. The first-order valence-electron chi connectivity index (χ1n) is 10.8. The molecule has 35 heavy (non-hydrogen) atoms. The van der Waals surface area contributed by atoms with Crippen LogP contribution in [-0.2, 0) is 13.2 Å². The van der Waals surface area contributed by atoms with E-state index in [1.165, 1.54) is 12.1 Å². The van der Waals surface area contributed by atoms with Gasteiger partial charge in [-0.15, -0.1) is 0 Å². The van der Waals surface area contributed by atoms with E-state index in [-0.39, 0.29) is 11.9 Å². The largest absolute Gasteiger partial charge is 0.416 e. The number of hydrogen-bond donors (Lipinski definition) is 2. The van der Waals surface area contributed by atoms with Crippen molar-refractivity contribution in [2.24, 2.45) is 7.05 Å². The average Bonchev–Trinajstić information content (AvgIpc) is 3.33. The number of halogens is 3. The fourth-order valence-corrected chi connectivity index (χ4v) is 4.13. The molecule has 1 atom stereocenters. The topological polar surface area (TPSA) is 90.8 Å². The lowest BCUT2D eigenvalue weighted by molar-refractivity contribution is -0.137. The minimum absolute atomic E-state index is 0.268. The Balaban J connectivity index is 1.54. The Bertz CT molecular complexity index is 1550. The first-order valence-corrected chi connectivity index (χ1v) is 10.8. The highest BCUT2D eigenvalue weighted by molar-refractivity contribution is 6.10. The molecule has 10 heteroatoms. The summed E-state index contributed by atoms with van der Waals surface area (Å²) in [6.45, 7) is 1.85. The Kier molecular flexibility index (Phi) is 5.23. The number of aromatic nitrogens is 4. The van der Waals surface area contributed by atoms with Crippen molar-refractivity contribution < 1.29 is 18.0 Å². The zero-order chi connectivity index (χ0) is 24.9. The lowest BCUT2D eigenvalue weighted by Gasteiger charge is -2.14. The molecule has 7 nitrogen and oxygen atoms in total. The fraction of sp³-hybridized carbons (Fsp3) is 0.160. The Morgan fingerprint density at radius 3 is 2.46 bits per heavy atom. The summed E-state index contributed by atoms with van der Waals surface area (Å²) in [6, 6.07) is 13.3. The van der Waals surface area contributed by atoms with Gasteiger partial charge >= 0.3 is 6.18 Å². The summed E-state index contributed by atoms with van der Waals surface area (Å²) in [5.74, 6) is 0.131. The molecule has 0 spiro atoms. The number of carbonyl (C=O) groups is 1. The third kappa shape index (κ3) is 4.07. The maximum absolute atomic E-state index is 13.0. The fourth-order valence-electron chi connectivity index (χ4n) is 4.13. The van der Waals surface area contributed by atoms with E-state index in [2.05, 4.69) is 15.4 Å². The number of carbonyl (C=O) groups excluding carboxylic acids is 1. The number of nitrogens with two attached hydrogens (primary N) is 1. The molecule has 0 aliphatic carbocycles. The van der Waals surface area contributed by atoms with Gasteiger partial charge in [0.05, 0.1) is 17.1 Å². The van der Waals surface area contributed by atoms with Crippen LogP contribution in [-0.4, -0.2) is 25.2 Å². The van der Waals surface area contributed by atoms with Crippen molar-refractivity contribution >= 4 is 33.7 Å². The van der Waals surface area contributed by atoms with Crippen LogP contribution in [0.1, 0.15) is 34.5 Å². The molecule has 0 aliphatic rings. The Morgan fingerprint density at radius 2 is 1.80 bits per heavy atom. The number of alkyl halides is 3. The minimum atomic E-state index is -4.42. The van der Waals surface area contributed by atoms with Gasteiger partial charge in [0.15, 0.2) is 5.65 Å². The number of nitrogens with one attached hydrogen (secondary N) is 1. The second-order valence-electron chi connectivity index (χ2n) is 8.36. The summed E-state index contributed by atoms with van der Waals surface area (Å²) in [6.07, 6.45) is -0.977. The maximum atomic E-state index is 13.0. The summed E-state index contributed by atoms with van der Waals surface area (Å²) >= 11 is 0. The van der Waals surface area contributed by atoms with E-state index in [4.69, 9.17) is 5.73 Å². The number of anilines is 1. The number of aryl methyl sites for hydroxylation is 1. The second-order valence-corrected chi connectivity index (χ2v) is 8.36. The molecular weight excluding hydrogens is 457 g/mol. The van der Waals surface area contributed by atoms with E-state index < -0.39 is 11.7 Å². The van der Waals surface area contributed by atoms with Crippen molar-refractivity contribution in [1.82, 2.24) is 24.6 Å². The molecule has 0 fully saturated rings. The highest BCUT2D eigenvalue weighted by Crippen LogP contribution is 2.34. The van der Waals surface area contributed by atoms with Crippen LogP contribution in [0.4, 0.5) is 19.0 Å². The molecule has 3 heterocycles. The predicted molar refractivity (Wildman–Crippen MR) is 127 cm³/mol. The van der Waals surface area contributed by atoms with Gasteiger partial charge in [-0.1, -0.05) is 6.07 Å². The van der Waals surface area contributed by atoms with Gasteiger partial charge < -0.3 is 11.1 Å². The van der Waals surface area contributed by atoms with Gasteiger partial charge in [-0.3, -0.25) is 14.0 Å². The maximum Gasteiger partial charge on any atom is 0.416 e. The molecular formula is C25H21F3N6O. The van der Waals surface area contributed by atoms with E-state index in [1.807, 2.05) is 13.1 Å². The Morgan fingerprint density at radius 1 is 1.06 bits per heavy atom. The zero-order valence-corrected chi connectivity index (χ0v) is 18.8. The molecule has 3 N–H and O–H groups in total. The summed E-state index contributed by atoms with van der Waals surface area (Å²) in [5, 5.41) is 9.01. The molecule has 5 rings (SSSR count). The molecule has 0 saturated carbocycles. The van der Waals surface area contributed by atoms with E-state index in [1.54, 1.807) is 52.8 Å². The highest BCUT2D eigenvalue weighted by Gasteiger charge is 2.30. The van der Waals surface area contributed by atoms with Gasteiger partial charge in [-0.05, 0) is 61.0 Å². The van der Waals surface area contributed by atoms with Gasteiger partial charge in [0.2, 0.25) is 0 Å². The third-order valence-electron chi connectivity index (χ3n) is 5.92. The number of benzene rings is 2. The number of nitrogen functional groups attached to an aromatic ring is 1. The van der Waals surface area contributed by atoms with E-state index in [0.717, 1.165) is 34.0 Å². The van der Waals surface area contributed by atoms with Crippen LogP contribution < -0.4 is 11.1 Å². The number of fused-ring (bicyclic) bond motifs is 3. The molecule has 0 aliphatic heterocycles. The molecule has 3 aromatic heterocycles. The first kappa shape index (κ1) is 22.5. The van der Waals surface area contributed by atoms with Crippen LogP contribution in [0.15, 0.2) is 67.0 Å². The summed E-state index contributed by atoms with van der Waals surface area (Å²) in [4.78, 5) is 17.1. The summed E-state index contributed by atoms with van der Waals surface area (Å²) in [5.41, 5.74) is 8.03. The van der Waals surface area contributed by atoms with E-state index >= 15 is 0 Å². The smallest absolute Gasteiger partial charge is 0.384 e. The first-order chi connectivity index (χ1) is 16.6. The number of hydrogen-bond acceptors (Lipinski definition) is 4. The molecule has 0 unspecified atom stereocenters. The van der Waals surface area contributed by atoms with E-state index in [9.17, 15) is 18.0 Å². The van der Waals surface area contributed by atoms with Crippen molar-refractivity contribution in [3.63, 3.8) is 0 Å². The Hall–Kier alpha value is -4.34. The Labute approximate surface area is 198 Å². The summed E-state index contributed by atoms with van der Waals surface area (Å²) in [7, 11) is 1.77. The van der Waals surface area contributed by atoms with Gasteiger partial charge in [0.25, 0.3) is 5.91 Å². The lowest BCUT2D eigenvalue weighted by atomic mass is 10.1. The van der Waals surface area contributed by atoms with Crippen LogP contribution >= 0.6 is 0 Å². The second kappa shape index (κ2) is 8.15. The normalized spacial score (nSPS) is 12.8. The van der Waals surface area contributed by atoms with Gasteiger partial charge in [0.1, 0.15) is 5.82 Å². The number of pyridine rings is 1. The van der Waals surface area contributed by atoms with Gasteiger partial charge in [0, 0.05) is 41.5 Å². The average molecular weight is 478 g/mol. The lowest BCUT2D eigenvalue weighted by Crippen LogP contribution is -2.26. The number of nitrogens with zero attached hydrogens (tertiary/aromatic N) is 4. The van der Waals surface area contributed by atoms with Crippen molar-refractivity contribution in [2.75, 3.05) is 5.73 Å². The standard InChI is InChI=1S/C25H21F3N6O/c1-14(16-4-10-22(29)30-12-16)31-24(35)15-3-9-21-19(11-15)20-13-33(2)32-23(20)34(21)18-7-5-17(6-8-18)25(26,27)28/h3-14H,1-2H3,(H2,29,30)(H,31,35)/t14-/m0/s1. The highest BCUT2D eigenvalue weighted by atomic mass is 19.4. The van der Waals surface area contributed by atoms with Crippen LogP contribution in [0.5, 0.6) is 0 Å². The SMILES string of the molecule is C[C@H](NC(=O)c1ccc2c(c1)c1cn(C)nc1n2-c1ccc(C(F)(F)F)cc1)c1ccc(N)nc1. The van der Waals surface area contributed by atoms with Crippen LogP contribution in [0.2, 0.25) is 0 Å². The molecule has 0 radical (unpaired) electrons. The number of rotatable bonds is 4. The van der Waals surface area contributed by atoms with Gasteiger partial charge in [-0.2, -0.15) is 18.3 Å². The van der Waals surface area contributed by atoms with Crippen molar-refractivity contribution in [3.8, 4) is 5.69 Å². The van der Waals surface area contributed by atoms with Crippen LogP contribution in [0, 0.1) is 0 Å². The van der Waals surface area contributed by atoms with Crippen LogP contribution in [0.25, 0.3) is 27.6 Å². The zero-order valence-electron chi connectivity index (χ0n) is 18.8. The molecule has 2 aromatic carbocycles. The predicted octanol–water partition coefficient (Wildman–Crippen LogP) is 5.00. The summed E-state index contributed by atoms with van der Waals surface area (Å²) < 4.78 is 42.5. The molecule has 0 bridgehead atoms. The monoisotopic (exact) mass is 478 g/mol. The van der Waals surface area contributed by atoms with Crippen molar-refractivity contribution in [3.05, 3.63) is 83.7 Å². The molecule has 178 valence electrons. The number of amides is 1. The molecule has 1 amide bonds. The van der Waals surface area contributed by atoms with Crippen molar-refractivity contribution in [1.29, 1.82) is 0 Å². The van der Waals surface area contributed by atoms with E-state index in [0.29, 0.717) is 22.7 Å².